The molecule has 192 valence electrons. The van der Waals surface area contributed by atoms with E-state index in [1.165, 1.54) is 4.68 Å². The van der Waals surface area contributed by atoms with Gasteiger partial charge in [-0.25, -0.2) is 4.98 Å². The van der Waals surface area contributed by atoms with Crippen LogP contribution in [0.25, 0.3) is 22.3 Å². The molecule has 7 nitrogen and oxygen atoms in total. The summed E-state index contributed by atoms with van der Waals surface area (Å²) in [6.45, 7) is 10.9. The van der Waals surface area contributed by atoms with Gasteiger partial charge in [-0.05, 0) is 95.7 Å². The van der Waals surface area contributed by atoms with Gasteiger partial charge >= 0.3 is 0 Å². The second kappa shape index (κ2) is 11.2. The standard InChI is InChI=1S/C29H30BrN3O4/c1-6-36-25-12-18(5)22(15-21(25)17(3)4)28-32-24-11-9-8-10-20(24)29(35)33(28)31-16-19-13-23(30)27(34)26(14-19)37-7-2/h8-17,34H,6-7H2,1-5H3. The highest BCUT2D eigenvalue weighted by Crippen LogP contribution is 2.36. The van der Waals surface area contributed by atoms with Gasteiger partial charge in [-0.15, -0.1) is 0 Å². The number of aromatic hydroxyl groups is 1. The van der Waals surface area contributed by atoms with E-state index >= 15 is 0 Å². The van der Waals surface area contributed by atoms with Crippen molar-refractivity contribution in [3.05, 3.63) is 80.0 Å². The average Bonchev–Trinajstić information content (AvgIpc) is 2.86. The summed E-state index contributed by atoms with van der Waals surface area (Å²) in [6, 6.07) is 14.7. The fraction of sp³-hybridized carbons (Fsp3) is 0.276. The smallest absolute Gasteiger partial charge is 0.282 e. The minimum absolute atomic E-state index is 0.00968. The summed E-state index contributed by atoms with van der Waals surface area (Å²) in [5.74, 6) is 1.80. The van der Waals surface area contributed by atoms with Crippen molar-refractivity contribution < 1.29 is 14.6 Å². The molecule has 0 aliphatic heterocycles. The maximum atomic E-state index is 13.6. The van der Waals surface area contributed by atoms with Crippen LogP contribution in [-0.4, -0.2) is 34.2 Å². The van der Waals surface area contributed by atoms with Gasteiger partial charge in [-0.1, -0.05) is 26.0 Å². The summed E-state index contributed by atoms with van der Waals surface area (Å²) in [5, 5.41) is 15.3. The maximum Gasteiger partial charge on any atom is 0.282 e. The molecule has 0 fully saturated rings. The molecule has 37 heavy (non-hydrogen) atoms. The number of benzene rings is 3. The highest BCUT2D eigenvalue weighted by molar-refractivity contribution is 9.10. The number of halogens is 1. The van der Waals surface area contributed by atoms with Crippen LogP contribution < -0.4 is 15.0 Å². The van der Waals surface area contributed by atoms with E-state index in [9.17, 15) is 9.90 Å². The lowest BCUT2D eigenvalue weighted by atomic mass is 9.96. The summed E-state index contributed by atoms with van der Waals surface area (Å²) in [4.78, 5) is 18.5. The Labute approximate surface area is 224 Å². The lowest BCUT2D eigenvalue weighted by molar-refractivity contribution is 0.317. The first kappa shape index (κ1) is 26.4. The Morgan fingerprint density at radius 3 is 2.49 bits per heavy atom. The number of ether oxygens (including phenoxy) is 2. The van der Waals surface area contributed by atoms with Crippen LogP contribution in [-0.2, 0) is 0 Å². The van der Waals surface area contributed by atoms with Crippen LogP contribution in [0.2, 0.25) is 0 Å². The van der Waals surface area contributed by atoms with Crippen LogP contribution in [0.15, 0.2) is 62.9 Å². The number of aryl methyl sites for hydroxylation is 1. The zero-order valence-electron chi connectivity index (χ0n) is 21.6. The van der Waals surface area contributed by atoms with Gasteiger partial charge in [0.05, 0.1) is 34.8 Å². The number of para-hydroxylation sites is 1. The fourth-order valence-corrected chi connectivity index (χ4v) is 4.59. The summed E-state index contributed by atoms with van der Waals surface area (Å²) < 4.78 is 13.2. The SMILES string of the molecule is CCOc1cc(C)c(-c2nc3ccccc3c(=O)n2N=Cc2cc(Br)c(O)c(OCC)c2)cc1C(C)C. The average molecular weight is 564 g/mol. The van der Waals surface area contributed by atoms with Gasteiger partial charge in [0.15, 0.2) is 17.3 Å². The van der Waals surface area contributed by atoms with Gasteiger partial charge < -0.3 is 14.6 Å². The molecule has 4 aromatic rings. The Balaban J connectivity index is 1.95. The van der Waals surface area contributed by atoms with Gasteiger partial charge in [-0.3, -0.25) is 4.79 Å². The Hall–Kier alpha value is -3.65. The largest absolute Gasteiger partial charge is 0.503 e. The van der Waals surface area contributed by atoms with Crippen molar-refractivity contribution in [1.29, 1.82) is 0 Å². The molecule has 1 N–H and O–H groups in total. The van der Waals surface area contributed by atoms with Crippen LogP contribution >= 0.6 is 15.9 Å². The Bertz CT molecular complexity index is 1540. The van der Waals surface area contributed by atoms with Crippen molar-refractivity contribution in [1.82, 2.24) is 9.66 Å². The summed E-state index contributed by atoms with van der Waals surface area (Å²) in [7, 11) is 0. The molecule has 0 atom stereocenters. The normalized spacial score (nSPS) is 11.5. The predicted octanol–water partition coefficient (Wildman–Crippen LogP) is 6.64. The quantitative estimate of drug-likeness (QED) is 0.243. The van der Waals surface area contributed by atoms with E-state index in [-0.39, 0.29) is 17.2 Å². The molecule has 0 saturated heterocycles. The molecule has 0 bridgehead atoms. The Morgan fingerprint density at radius 1 is 1.08 bits per heavy atom. The van der Waals surface area contributed by atoms with Crippen LogP contribution in [0.4, 0.5) is 0 Å². The van der Waals surface area contributed by atoms with Gasteiger partial charge in [0.2, 0.25) is 0 Å². The third kappa shape index (κ3) is 5.39. The van der Waals surface area contributed by atoms with Crippen LogP contribution in [0.1, 0.15) is 50.3 Å². The minimum atomic E-state index is -0.279. The fourth-order valence-electron chi connectivity index (χ4n) is 4.13. The van der Waals surface area contributed by atoms with Crippen LogP contribution in [0, 0.1) is 6.92 Å². The number of phenolic OH excluding ortho intramolecular Hbond substituents is 1. The highest BCUT2D eigenvalue weighted by Gasteiger charge is 2.18. The molecule has 8 heteroatoms. The zero-order valence-corrected chi connectivity index (χ0v) is 23.2. The van der Waals surface area contributed by atoms with Crippen molar-refractivity contribution in [3.63, 3.8) is 0 Å². The molecule has 1 aromatic heterocycles. The molecule has 1 heterocycles. The van der Waals surface area contributed by atoms with Crippen molar-refractivity contribution in [2.45, 2.75) is 40.5 Å². The van der Waals surface area contributed by atoms with Crippen molar-refractivity contribution in [2.24, 2.45) is 5.10 Å². The van der Waals surface area contributed by atoms with E-state index in [1.807, 2.05) is 51.1 Å². The first-order valence-corrected chi connectivity index (χ1v) is 13.0. The van der Waals surface area contributed by atoms with Gasteiger partial charge in [0.25, 0.3) is 5.56 Å². The first-order chi connectivity index (χ1) is 17.7. The van der Waals surface area contributed by atoms with Crippen LogP contribution in [0.3, 0.4) is 0 Å². The topological polar surface area (TPSA) is 85.9 Å². The maximum absolute atomic E-state index is 13.6. The minimum Gasteiger partial charge on any atom is -0.503 e. The second-order valence-electron chi connectivity index (χ2n) is 8.89. The lowest BCUT2D eigenvalue weighted by Crippen LogP contribution is -2.21. The van der Waals surface area contributed by atoms with E-state index in [2.05, 4.69) is 34.9 Å². The van der Waals surface area contributed by atoms with E-state index < -0.39 is 0 Å². The molecule has 3 aromatic carbocycles. The van der Waals surface area contributed by atoms with Crippen molar-refractivity contribution in [3.8, 4) is 28.6 Å². The molecule has 0 aliphatic carbocycles. The molecule has 4 rings (SSSR count). The first-order valence-electron chi connectivity index (χ1n) is 12.2. The number of aromatic nitrogens is 2. The summed E-state index contributed by atoms with van der Waals surface area (Å²) in [5.41, 5.74) is 3.71. The Kier molecular flexibility index (Phi) is 7.97. The second-order valence-corrected chi connectivity index (χ2v) is 9.74. The van der Waals surface area contributed by atoms with Crippen LogP contribution in [0.5, 0.6) is 17.2 Å². The van der Waals surface area contributed by atoms with E-state index in [0.29, 0.717) is 45.7 Å². The number of fused-ring (bicyclic) bond motifs is 1. The summed E-state index contributed by atoms with van der Waals surface area (Å²) in [6.07, 6.45) is 1.56. The molecule has 0 radical (unpaired) electrons. The Morgan fingerprint density at radius 2 is 1.78 bits per heavy atom. The molecule has 0 saturated carbocycles. The number of nitrogens with zero attached hydrogens (tertiary/aromatic N) is 3. The highest BCUT2D eigenvalue weighted by atomic mass is 79.9. The van der Waals surface area contributed by atoms with E-state index in [4.69, 9.17) is 14.5 Å². The third-order valence-electron chi connectivity index (χ3n) is 5.95. The molecule has 0 unspecified atom stereocenters. The summed E-state index contributed by atoms with van der Waals surface area (Å²) >= 11 is 3.36. The predicted molar refractivity (Wildman–Crippen MR) is 151 cm³/mol. The third-order valence-corrected chi connectivity index (χ3v) is 6.55. The van der Waals surface area contributed by atoms with E-state index in [0.717, 1.165) is 22.4 Å². The number of hydrogen-bond acceptors (Lipinski definition) is 6. The van der Waals surface area contributed by atoms with Gasteiger partial charge in [-0.2, -0.15) is 9.78 Å². The molecule has 0 aliphatic rings. The monoisotopic (exact) mass is 563 g/mol. The van der Waals surface area contributed by atoms with Gasteiger partial charge in [0, 0.05) is 5.56 Å². The van der Waals surface area contributed by atoms with Gasteiger partial charge in [0.1, 0.15) is 5.75 Å². The molecular formula is C29H30BrN3O4. The number of hydrogen-bond donors (Lipinski definition) is 1. The number of phenols is 1. The zero-order chi connectivity index (χ0) is 26.7. The molecule has 0 spiro atoms. The van der Waals surface area contributed by atoms with Crippen molar-refractivity contribution >= 4 is 33.0 Å². The van der Waals surface area contributed by atoms with Crippen molar-refractivity contribution in [2.75, 3.05) is 13.2 Å². The molecule has 0 amide bonds. The lowest BCUT2D eigenvalue weighted by Gasteiger charge is -2.18. The number of rotatable bonds is 8. The van der Waals surface area contributed by atoms with E-state index in [1.54, 1.807) is 24.4 Å². The molecular weight excluding hydrogens is 534 g/mol.